The molecular formula is C21H20N6O5. The Labute approximate surface area is 183 Å². The lowest BCUT2D eigenvalue weighted by Gasteiger charge is -2.34. The maximum absolute atomic E-state index is 12.7. The predicted molar refractivity (Wildman–Crippen MR) is 114 cm³/mol. The van der Waals surface area contributed by atoms with Crippen molar-refractivity contribution in [3.8, 4) is 17.7 Å². The number of hydrogen-bond donors (Lipinski definition) is 0. The van der Waals surface area contributed by atoms with Crippen LogP contribution in [0.25, 0.3) is 11.7 Å². The Morgan fingerprint density at radius 2 is 1.97 bits per heavy atom. The Bertz CT molecular complexity index is 1140. The quantitative estimate of drug-likeness (QED) is 0.422. The summed E-state index contributed by atoms with van der Waals surface area (Å²) < 4.78 is 11.1. The van der Waals surface area contributed by atoms with Gasteiger partial charge in [0.1, 0.15) is 6.07 Å². The van der Waals surface area contributed by atoms with E-state index in [1.165, 1.54) is 23.3 Å². The molecule has 1 amide bonds. The van der Waals surface area contributed by atoms with Gasteiger partial charge in [0.2, 0.25) is 17.5 Å². The monoisotopic (exact) mass is 436 g/mol. The molecule has 4 rings (SSSR count). The molecule has 11 nitrogen and oxygen atoms in total. The number of carbonyl (C=O) groups is 1. The molecule has 1 aromatic carbocycles. The van der Waals surface area contributed by atoms with Crippen LogP contribution in [-0.2, 0) is 4.79 Å². The number of amides is 1. The highest BCUT2D eigenvalue weighted by Crippen LogP contribution is 2.29. The topological polar surface area (TPSA) is 133 Å². The Balaban J connectivity index is 1.35. The Morgan fingerprint density at radius 3 is 2.56 bits per heavy atom. The van der Waals surface area contributed by atoms with Gasteiger partial charge in [0.05, 0.1) is 17.7 Å². The highest BCUT2D eigenvalue weighted by atomic mass is 16.6. The van der Waals surface area contributed by atoms with Crippen molar-refractivity contribution in [1.29, 1.82) is 5.26 Å². The van der Waals surface area contributed by atoms with E-state index < -0.39 is 4.92 Å². The van der Waals surface area contributed by atoms with Gasteiger partial charge in [-0.2, -0.15) is 10.2 Å². The number of rotatable bonds is 6. The van der Waals surface area contributed by atoms with E-state index in [2.05, 4.69) is 11.1 Å². The molecule has 0 N–H and O–H groups in total. The van der Waals surface area contributed by atoms with Crippen LogP contribution < -0.4 is 9.80 Å². The van der Waals surface area contributed by atoms with Gasteiger partial charge in [-0.1, -0.05) is 0 Å². The first-order valence-corrected chi connectivity index (χ1v) is 9.89. The summed E-state index contributed by atoms with van der Waals surface area (Å²) in [5, 5.41) is 20.2. The third-order valence-electron chi connectivity index (χ3n) is 5.29. The molecule has 164 valence electrons. The summed E-state index contributed by atoms with van der Waals surface area (Å²) >= 11 is 0. The Hall–Kier alpha value is -4.17. The second-order valence-corrected chi connectivity index (χ2v) is 7.25. The summed E-state index contributed by atoms with van der Waals surface area (Å²) in [4.78, 5) is 32.6. The van der Waals surface area contributed by atoms with Crippen LogP contribution in [0.3, 0.4) is 0 Å². The summed E-state index contributed by atoms with van der Waals surface area (Å²) in [5.74, 6) is 0.979. The van der Waals surface area contributed by atoms with Gasteiger partial charge in [-0.05, 0) is 24.3 Å². The minimum Gasteiger partial charge on any atom is -0.459 e. The van der Waals surface area contributed by atoms with Gasteiger partial charge in [-0.3, -0.25) is 19.8 Å². The van der Waals surface area contributed by atoms with E-state index in [9.17, 15) is 20.2 Å². The summed E-state index contributed by atoms with van der Waals surface area (Å²) in [5.41, 5.74) is 0.758. The zero-order valence-corrected chi connectivity index (χ0v) is 17.3. The number of benzene rings is 1. The molecule has 1 aliphatic rings. The average Bonchev–Trinajstić information content (AvgIpc) is 3.49. The summed E-state index contributed by atoms with van der Waals surface area (Å²) in [6, 6.07) is 11.3. The SMILES string of the molecule is CN(C(=O)CN1CCN(c2oc(-c3ccco3)nc2C#N)CC1)c1ccc([N+](=O)[O-])cc1. The van der Waals surface area contributed by atoms with E-state index in [1.807, 2.05) is 9.80 Å². The van der Waals surface area contributed by atoms with Crippen LogP contribution in [0.4, 0.5) is 17.3 Å². The molecule has 0 saturated carbocycles. The van der Waals surface area contributed by atoms with Crippen molar-refractivity contribution in [3.63, 3.8) is 0 Å². The van der Waals surface area contributed by atoms with Crippen molar-refractivity contribution in [3.05, 3.63) is 58.5 Å². The predicted octanol–water partition coefficient (Wildman–Crippen LogP) is 2.50. The van der Waals surface area contributed by atoms with Crippen LogP contribution in [0.2, 0.25) is 0 Å². The smallest absolute Gasteiger partial charge is 0.269 e. The molecule has 32 heavy (non-hydrogen) atoms. The number of furan rings is 1. The fraction of sp³-hybridized carbons (Fsp3) is 0.286. The van der Waals surface area contributed by atoms with Crippen molar-refractivity contribution in [2.24, 2.45) is 0 Å². The number of non-ortho nitro benzene ring substituents is 1. The number of nitro groups is 1. The number of hydrogen-bond acceptors (Lipinski definition) is 9. The number of nitrogens with zero attached hydrogens (tertiary/aromatic N) is 6. The third kappa shape index (κ3) is 4.30. The molecule has 1 fully saturated rings. The van der Waals surface area contributed by atoms with Gasteiger partial charge in [0.25, 0.3) is 11.6 Å². The third-order valence-corrected chi connectivity index (χ3v) is 5.29. The van der Waals surface area contributed by atoms with Gasteiger partial charge < -0.3 is 18.6 Å². The van der Waals surface area contributed by atoms with Crippen LogP contribution in [0.15, 0.2) is 51.5 Å². The normalized spacial score (nSPS) is 14.2. The Kier molecular flexibility index (Phi) is 5.87. The van der Waals surface area contributed by atoms with Gasteiger partial charge >= 0.3 is 0 Å². The number of nitriles is 1. The van der Waals surface area contributed by atoms with Crippen molar-refractivity contribution >= 4 is 23.2 Å². The van der Waals surface area contributed by atoms with Crippen LogP contribution in [0, 0.1) is 21.4 Å². The molecule has 3 aromatic rings. The number of carbonyl (C=O) groups excluding carboxylic acids is 1. The molecule has 3 heterocycles. The Morgan fingerprint density at radius 1 is 1.25 bits per heavy atom. The molecule has 0 atom stereocenters. The van der Waals surface area contributed by atoms with E-state index in [0.29, 0.717) is 43.5 Å². The molecule has 0 spiro atoms. The molecule has 0 radical (unpaired) electrons. The van der Waals surface area contributed by atoms with Crippen LogP contribution >= 0.6 is 0 Å². The first kappa shape index (κ1) is 21.1. The molecule has 11 heteroatoms. The highest BCUT2D eigenvalue weighted by molar-refractivity contribution is 5.94. The number of piperazine rings is 1. The first-order valence-electron chi connectivity index (χ1n) is 9.89. The molecule has 0 bridgehead atoms. The van der Waals surface area contributed by atoms with Gasteiger partial charge in [-0.25, -0.2) is 0 Å². The number of oxazole rings is 1. The molecule has 0 unspecified atom stereocenters. The second kappa shape index (κ2) is 8.91. The van der Waals surface area contributed by atoms with Crippen LogP contribution in [-0.4, -0.2) is 60.5 Å². The summed E-state index contributed by atoms with van der Waals surface area (Å²) in [6.07, 6.45) is 1.51. The molecular weight excluding hydrogens is 416 g/mol. The van der Waals surface area contributed by atoms with Crippen LogP contribution in [0.1, 0.15) is 5.69 Å². The maximum Gasteiger partial charge on any atom is 0.269 e. The van der Waals surface area contributed by atoms with Crippen molar-refractivity contribution in [2.75, 3.05) is 49.6 Å². The minimum absolute atomic E-state index is 0.0231. The van der Waals surface area contributed by atoms with E-state index in [1.54, 1.807) is 31.3 Å². The van der Waals surface area contributed by atoms with Crippen molar-refractivity contribution in [2.45, 2.75) is 0 Å². The first-order chi connectivity index (χ1) is 15.5. The molecule has 1 saturated heterocycles. The molecule has 1 aliphatic heterocycles. The van der Waals surface area contributed by atoms with Crippen LogP contribution in [0.5, 0.6) is 0 Å². The van der Waals surface area contributed by atoms with E-state index >= 15 is 0 Å². The average molecular weight is 436 g/mol. The lowest BCUT2D eigenvalue weighted by Crippen LogP contribution is -2.49. The number of nitro benzene ring substituents is 1. The van der Waals surface area contributed by atoms with E-state index in [4.69, 9.17) is 8.83 Å². The maximum atomic E-state index is 12.7. The highest BCUT2D eigenvalue weighted by Gasteiger charge is 2.26. The minimum atomic E-state index is -0.477. The summed E-state index contributed by atoms with van der Waals surface area (Å²) in [6.45, 7) is 2.54. The standard InChI is InChI=1S/C21H20N6O5/c1-24(15-4-6-16(7-5-15)27(29)30)19(28)14-25-8-10-26(11-9-25)21-17(13-22)23-20(32-21)18-3-2-12-31-18/h2-7,12H,8-11,14H2,1H3. The fourth-order valence-electron chi connectivity index (χ4n) is 3.45. The largest absolute Gasteiger partial charge is 0.459 e. The van der Waals surface area contributed by atoms with Gasteiger partial charge in [0.15, 0.2) is 5.76 Å². The van der Waals surface area contributed by atoms with E-state index in [0.717, 1.165) is 0 Å². The number of likely N-dealkylation sites (N-methyl/N-ethyl adjacent to an activating group) is 1. The van der Waals surface area contributed by atoms with Crippen molar-refractivity contribution in [1.82, 2.24) is 9.88 Å². The van der Waals surface area contributed by atoms with Crippen molar-refractivity contribution < 1.29 is 18.6 Å². The van der Waals surface area contributed by atoms with Gasteiger partial charge in [0, 0.05) is 51.0 Å². The molecule has 2 aromatic heterocycles. The zero-order valence-electron chi connectivity index (χ0n) is 17.3. The lowest BCUT2D eigenvalue weighted by molar-refractivity contribution is -0.384. The second-order valence-electron chi connectivity index (χ2n) is 7.25. The zero-order chi connectivity index (χ0) is 22.7. The number of anilines is 2. The number of aromatic nitrogens is 1. The molecule has 0 aliphatic carbocycles. The van der Waals surface area contributed by atoms with Gasteiger partial charge in [-0.15, -0.1) is 0 Å². The fourth-order valence-corrected chi connectivity index (χ4v) is 3.45. The van der Waals surface area contributed by atoms with E-state index in [-0.39, 0.29) is 29.7 Å². The lowest BCUT2D eigenvalue weighted by atomic mass is 10.2. The summed E-state index contributed by atoms with van der Waals surface area (Å²) in [7, 11) is 1.64.